The lowest BCUT2D eigenvalue weighted by molar-refractivity contribution is 0.0323. The van der Waals surface area contributed by atoms with E-state index in [1.807, 2.05) is 37.0 Å². The van der Waals surface area contributed by atoms with Crippen molar-refractivity contribution in [3.05, 3.63) is 30.5 Å². The molecule has 2 aromatic rings. The van der Waals surface area contributed by atoms with E-state index in [4.69, 9.17) is 9.47 Å². The second-order valence-corrected chi connectivity index (χ2v) is 5.60. The summed E-state index contributed by atoms with van der Waals surface area (Å²) in [5, 5.41) is 7.44. The number of aryl methyl sites for hydroxylation is 1. The van der Waals surface area contributed by atoms with E-state index in [9.17, 15) is 0 Å². The SMILES string of the molecule is CNc1ccc(OCCN2CCOCC2)c(-c2ccnn2C)c1. The van der Waals surface area contributed by atoms with Gasteiger partial charge in [0.25, 0.3) is 0 Å². The molecule has 1 aromatic heterocycles. The fourth-order valence-corrected chi connectivity index (χ4v) is 2.76. The van der Waals surface area contributed by atoms with E-state index in [1.165, 1.54) is 0 Å². The topological polar surface area (TPSA) is 51.6 Å². The number of morpholine rings is 1. The van der Waals surface area contributed by atoms with Crippen LogP contribution in [0.25, 0.3) is 11.3 Å². The molecule has 0 unspecified atom stereocenters. The van der Waals surface area contributed by atoms with E-state index in [2.05, 4.69) is 21.4 Å². The number of hydrogen-bond donors (Lipinski definition) is 1. The summed E-state index contributed by atoms with van der Waals surface area (Å²) in [6.45, 7) is 5.19. The van der Waals surface area contributed by atoms with E-state index in [1.54, 1.807) is 6.20 Å². The number of nitrogens with zero attached hydrogens (tertiary/aromatic N) is 3. The molecule has 0 atom stereocenters. The zero-order chi connectivity index (χ0) is 16.1. The second-order valence-electron chi connectivity index (χ2n) is 5.60. The Bertz CT molecular complexity index is 635. The van der Waals surface area contributed by atoms with Crippen LogP contribution in [0.4, 0.5) is 5.69 Å². The predicted octanol–water partition coefficient (Wildman–Crippen LogP) is 1.84. The van der Waals surface area contributed by atoms with Crippen molar-refractivity contribution in [2.45, 2.75) is 0 Å². The van der Waals surface area contributed by atoms with Crippen molar-refractivity contribution in [1.82, 2.24) is 14.7 Å². The van der Waals surface area contributed by atoms with Crippen molar-refractivity contribution >= 4 is 5.69 Å². The van der Waals surface area contributed by atoms with Gasteiger partial charge in [-0.2, -0.15) is 5.10 Å². The summed E-state index contributed by atoms with van der Waals surface area (Å²) in [5.41, 5.74) is 3.16. The average molecular weight is 316 g/mol. The van der Waals surface area contributed by atoms with Gasteiger partial charge in [-0.1, -0.05) is 0 Å². The Kier molecular flexibility index (Phi) is 5.15. The molecule has 6 heteroatoms. The van der Waals surface area contributed by atoms with Crippen LogP contribution in [0.3, 0.4) is 0 Å². The quantitative estimate of drug-likeness (QED) is 0.881. The van der Waals surface area contributed by atoms with Gasteiger partial charge < -0.3 is 14.8 Å². The van der Waals surface area contributed by atoms with Crippen molar-refractivity contribution < 1.29 is 9.47 Å². The van der Waals surface area contributed by atoms with Gasteiger partial charge in [0.05, 0.1) is 18.9 Å². The number of hydrogen-bond acceptors (Lipinski definition) is 5. The highest BCUT2D eigenvalue weighted by Gasteiger charge is 2.13. The summed E-state index contributed by atoms with van der Waals surface area (Å²) >= 11 is 0. The van der Waals surface area contributed by atoms with Gasteiger partial charge in [0, 0.05) is 51.2 Å². The highest BCUT2D eigenvalue weighted by Crippen LogP contribution is 2.32. The molecule has 1 aliphatic heterocycles. The minimum atomic E-state index is 0.670. The fourth-order valence-electron chi connectivity index (χ4n) is 2.76. The molecule has 0 radical (unpaired) electrons. The Balaban J connectivity index is 1.72. The lowest BCUT2D eigenvalue weighted by Gasteiger charge is -2.26. The predicted molar refractivity (Wildman–Crippen MR) is 90.9 cm³/mol. The third kappa shape index (κ3) is 3.83. The maximum absolute atomic E-state index is 6.07. The normalized spacial score (nSPS) is 15.6. The van der Waals surface area contributed by atoms with Crippen LogP contribution in [0.1, 0.15) is 0 Å². The molecule has 6 nitrogen and oxygen atoms in total. The molecular weight excluding hydrogens is 292 g/mol. The van der Waals surface area contributed by atoms with Crippen molar-refractivity contribution in [3.63, 3.8) is 0 Å². The summed E-state index contributed by atoms with van der Waals surface area (Å²) < 4.78 is 13.3. The zero-order valence-electron chi connectivity index (χ0n) is 13.8. The Morgan fingerprint density at radius 2 is 2.09 bits per heavy atom. The van der Waals surface area contributed by atoms with Crippen LogP contribution < -0.4 is 10.1 Å². The molecule has 0 spiro atoms. The Hall–Kier alpha value is -2.05. The van der Waals surface area contributed by atoms with Crippen LogP contribution in [0, 0.1) is 0 Å². The van der Waals surface area contributed by atoms with Crippen LogP contribution in [-0.4, -0.2) is 61.2 Å². The monoisotopic (exact) mass is 316 g/mol. The number of rotatable bonds is 6. The summed E-state index contributed by atoms with van der Waals surface area (Å²) in [5.74, 6) is 0.890. The molecule has 3 rings (SSSR count). The molecule has 0 amide bonds. The summed E-state index contributed by atoms with van der Waals surface area (Å²) in [7, 11) is 3.86. The Morgan fingerprint density at radius 3 is 2.78 bits per heavy atom. The van der Waals surface area contributed by atoms with Crippen LogP contribution in [0.15, 0.2) is 30.5 Å². The molecular formula is C17H24N4O2. The smallest absolute Gasteiger partial charge is 0.128 e. The average Bonchev–Trinajstić information content (AvgIpc) is 3.02. The van der Waals surface area contributed by atoms with Gasteiger partial charge in [-0.3, -0.25) is 9.58 Å². The number of benzene rings is 1. The van der Waals surface area contributed by atoms with Crippen molar-refractivity contribution in [2.75, 3.05) is 51.8 Å². The molecule has 23 heavy (non-hydrogen) atoms. The highest BCUT2D eigenvalue weighted by molar-refractivity contribution is 5.72. The standard InChI is InChI=1S/C17H24N4O2/c1-18-14-3-4-17(15(13-14)16-5-6-19-20(16)2)23-12-9-21-7-10-22-11-8-21/h3-6,13,18H,7-12H2,1-2H3. The molecule has 1 N–H and O–H groups in total. The summed E-state index contributed by atoms with van der Waals surface area (Å²) in [6, 6.07) is 8.15. The Morgan fingerprint density at radius 1 is 1.26 bits per heavy atom. The Labute approximate surface area is 137 Å². The first-order valence-corrected chi connectivity index (χ1v) is 8.01. The van der Waals surface area contributed by atoms with Gasteiger partial charge in [0.1, 0.15) is 12.4 Å². The van der Waals surface area contributed by atoms with E-state index >= 15 is 0 Å². The molecule has 0 saturated carbocycles. The van der Waals surface area contributed by atoms with Crippen molar-refractivity contribution in [1.29, 1.82) is 0 Å². The highest BCUT2D eigenvalue weighted by atomic mass is 16.5. The third-order valence-electron chi connectivity index (χ3n) is 4.13. The molecule has 124 valence electrons. The van der Waals surface area contributed by atoms with Crippen molar-refractivity contribution in [2.24, 2.45) is 7.05 Å². The maximum Gasteiger partial charge on any atom is 0.128 e. The molecule has 1 saturated heterocycles. The lowest BCUT2D eigenvalue weighted by atomic mass is 10.1. The van der Waals surface area contributed by atoms with Gasteiger partial charge in [-0.05, 0) is 24.3 Å². The van der Waals surface area contributed by atoms with Gasteiger partial charge in [-0.15, -0.1) is 0 Å². The maximum atomic E-state index is 6.07. The molecule has 1 aliphatic rings. The zero-order valence-corrected chi connectivity index (χ0v) is 13.8. The fraction of sp³-hybridized carbons (Fsp3) is 0.471. The first-order valence-electron chi connectivity index (χ1n) is 8.01. The van der Waals surface area contributed by atoms with Gasteiger partial charge in [0.15, 0.2) is 0 Å². The molecule has 2 heterocycles. The number of aromatic nitrogens is 2. The van der Waals surface area contributed by atoms with Crippen LogP contribution in [-0.2, 0) is 11.8 Å². The van der Waals surface area contributed by atoms with E-state index < -0.39 is 0 Å². The largest absolute Gasteiger partial charge is 0.492 e. The first-order chi connectivity index (χ1) is 11.3. The number of ether oxygens (including phenoxy) is 2. The van der Waals surface area contributed by atoms with Gasteiger partial charge >= 0.3 is 0 Å². The first kappa shape index (κ1) is 15.8. The second kappa shape index (κ2) is 7.48. The van der Waals surface area contributed by atoms with Gasteiger partial charge in [0.2, 0.25) is 0 Å². The molecule has 1 fully saturated rings. The molecule has 0 aliphatic carbocycles. The number of anilines is 1. The van der Waals surface area contributed by atoms with Gasteiger partial charge in [-0.25, -0.2) is 0 Å². The minimum absolute atomic E-state index is 0.670. The van der Waals surface area contributed by atoms with Crippen LogP contribution in [0.5, 0.6) is 5.75 Å². The van der Waals surface area contributed by atoms with Crippen molar-refractivity contribution in [3.8, 4) is 17.0 Å². The molecule has 0 bridgehead atoms. The third-order valence-corrected chi connectivity index (χ3v) is 4.13. The van der Waals surface area contributed by atoms with E-state index in [0.717, 1.165) is 55.5 Å². The van der Waals surface area contributed by atoms with Crippen LogP contribution >= 0.6 is 0 Å². The van der Waals surface area contributed by atoms with Crippen LogP contribution in [0.2, 0.25) is 0 Å². The summed E-state index contributed by atoms with van der Waals surface area (Å²) in [4.78, 5) is 2.37. The lowest BCUT2D eigenvalue weighted by Crippen LogP contribution is -2.38. The number of nitrogens with one attached hydrogen (secondary N) is 1. The van der Waals surface area contributed by atoms with E-state index in [0.29, 0.717) is 6.61 Å². The minimum Gasteiger partial charge on any atom is -0.492 e. The molecule has 1 aromatic carbocycles. The van der Waals surface area contributed by atoms with E-state index in [-0.39, 0.29) is 0 Å². The summed E-state index contributed by atoms with van der Waals surface area (Å²) in [6.07, 6.45) is 1.80.